The maximum absolute atomic E-state index is 12.1. The predicted molar refractivity (Wildman–Crippen MR) is 88.3 cm³/mol. The van der Waals surface area contributed by atoms with Crippen molar-refractivity contribution in [3.63, 3.8) is 0 Å². The smallest absolute Gasteiger partial charge is 0.308 e. The standard InChI is InChI=1S/C17H19ClO7/c1-9(19)16-14(24-11(3)21)7-12(23-10(2)20)8-15(16)25-17-13(18)5-4-6-22-17/h7-8,13,17H,4-6H2,1-3H3. The second kappa shape index (κ2) is 8.31. The van der Waals surface area contributed by atoms with E-state index in [0.29, 0.717) is 13.0 Å². The van der Waals surface area contributed by atoms with E-state index in [9.17, 15) is 14.4 Å². The Hall–Kier alpha value is -2.12. The van der Waals surface area contributed by atoms with Crippen LogP contribution in [0.4, 0.5) is 0 Å². The van der Waals surface area contributed by atoms with Crippen LogP contribution in [0, 0.1) is 0 Å². The van der Waals surface area contributed by atoms with E-state index in [0.717, 1.165) is 6.42 Å². The molecule has 0 saturated carbocycles. The minimum atomic E-state index is -0.772. The van der Waals surface area contributed by atoms with E-state index in [1.807, 2.05) is 0 Å². The molecule has 1 aliphatic rings. The fourth-order valence-electron chi connectivity index (χ4n) is 2.42. The number of carbonyl (C=O) groups excluding carboxylic acids is 3. The first-order valence-electron chi connectivity index (χ1n) is 7.76. The molecule has 0 aliphatic carbocycles. The van der Waals surface area contributed by atoms with Crippen LogP contribution in [0.5, 0.6) is 17.2 Å². The lowest BCUT2D eigenvalue weighted by Crippen LogP contribution is -2.35. The van der Waals surface area contributed by atoms with Crippen LogP contribution < -0.4 is 14.2 Å². The number of ketones is 1. The molecule has 1 aliphatic heterocycles. The van der Waals surface area contributed by atoms with Crippen LogP contribution in [0.2, 0.25) is 0 Å². The summed E-state index contributed by atoms with van der Waals surface area (Å²) in [6.45, 7) is 4.20. The number of rotatable bonds is 5. The van der Waals surface area contributed by atoms with Gasteiger partial charge in [0.05, 0.1) is 12.0 Å². The van der Waals surface area contributed by atoms with Gasteiger partial charge in [0.1, 0.15) is 22.8 Å². The molecule has 1 saturated heterocycles. The van der Waals surface area contributed by atoms with Crippen molar-refractivity contribution in [1.29, 1.82) is 0 Å². The van der Waals surface area contributed by atoms with E-state index < -0.39 is 23.6 Å². The van der Waals surface area contributed by atoms with Crippen LogP contribution in [-0.2, 0) is 14.3 Å². The van der Waals surface area contributed by atoms with Gasteiger partial charge in [0.2, 0.25) is 6.29 Å². The highest BCUT2D eigenvalue weighted by Crippen LogP contribution is 2.37. The fraction of sp³-hybridized carbons (Fsp3) is 0.471. The molecule has 25 heavy (non-hydrogen) atoms. The van der Waals surface area contributed by atoms with Crippen molar-refractivity contribution < 1.29 is 33.3 Å². The molecule has 1 fully saturated rings. The Morgan fingerprint density at radius 3 is 2.28 bits per heavy atom. The zero-order valence-corrected chi connectivity index (χ0v) is 14.9. The van der Waals surface area contributed by atoms with Gasteiger partial charge in [-0.3, -0.25) is 14.4 Å². The normalized spacial score (nSPS) is 19.8. The lowest BCUT2D eigenvalue weighted by molar-refractivity contribution is -0.132. The Labute approximate surface area is 150 Å². The van der Waals surface area contributed by atoms with Gasteiger partial charge < -0.3 is 18.9 Å². The molecule has 136 valence electrons. The molecule has 0 N–H and O–H groups in total. The second-order valence-electron chi connectivity index (χ2n) is 5.55. The quantitative estimate of drug-likeness (QED) is 0.341. The first kappa shape index (κ1) is 19.2. The zero-order chi connectivity index (χ0) is 18.6. The monoisotopic (exact) mass is 370 g/mol. The Bertz CT molecular complexity index is 686. The third-order valence-electron chi connectivity index (χ3n) is 3.35. The Morgan fingerprint density at radius 2 is 1.72 bits per heavy atom. The van der Waals surface area contributed by atoms with Crippen molar-refractivity contribution in [3.05, 3.63) is 17.7 Å². The number of ether oxygens (including phenoxy) is 4. The van der Waals surface area contributed by atoms with Crippen LogP contribution in [-0.4, -0.2) is 36.0 Å². The van der Waals surface area contributed by atoms with Crippen molar-refractivity contribution >= 4 is 29.3 Å². The third-order valence-corrected chi connectivity index (χ3v) is 3.78. The maximum atomic E-state index is 12.1. The molecule has 0 spiro atoms. The number of Topliss-reactive ketones (excluding diaryl/α,β-unsaturated/α-hetero) is 1. The van der Waals surface area contributed by atoms with E-state index in [1.165, 1.54) is 32.9 Å². The van der Waals surface area contributed by atoms with Crippen molar-refractivity contribution in [3.8, 4) is 17.2 Å². The molecule has 2 rings (SSSR count). The number of benzene rings is 1. The summed E-state index contributed by atoms with van der Waals surface area (Å²) in [5.41, 5.74) is 0.0455. The molecule has 1 aromatic carbocycles. The van der Waals surface area contributed by atoms with Gasteiger partial charge in [0, 0.05) is 26.0 Å². The van der Waals surface area contributed by atoms with Gasteiger partial charge in [-0.2, -0.15) is 0 Å². The number of hydrogen-bond donors (Lipinski definition) is 0. The highest BCUT2D eigenvalue weighted by atomic mass is 35.5. The van der Waals surface area contributed by atoms with Crippen molar-refractivity contribution in [2.24, 2.45) is 0 Å². The van der Waals surface area contributed by atoms with Crippen LogP contribution in [0.25, 0.3) is 0 Å². The van der Waals surface area contributed by atoms with Gasteiger partial charge in [-0.15, -0.1) is 11.6 Å². The van der Waals surface area contributed by atoms with Gasteiger partial charge in [-0.1, -0.05) is 0 Å². The number of hydrogen-bond acceptors (Lipinski definition) is 7. The summed E-state index contributed by atoms with van der Waals surface area (Å²) >= 11 is 6.21. The molecule has 2 unspecified atom stereocenters. The van der Waals surface area contributed by atoms with Crippen LogP contribution in [0.3, 0.4) is 0 Å². The van der Waals surface area contributed by atoms with E-state index in [2.05, 4.69) is 0 Å². The van der Waals surface area contributed by atoms with Crippen molar-refractivity contribution in [1.82, 2.24) is 0 Å². The van der Waals surface area contributed by atoms with Gasteiger partial charge in [-0.25, -0.2) is 0 Å². The first-order chi connectivity index (χ1) is 11.8. The summed E-state index contributed by atoms with van der Waals surface area (Å²) in [5, 5.41) is -0.400. The molecule has 0 amide bonds. The Kier molecular flexibility index (Phi) is 6.39. The highest BCUT2D eigenvalue weighted by Gasteiger charge is 2.29. The zero-order valence-electron chi connectivity index (χ0n) is 14.2. The average molecular weight is 371 g/mol. The molecule has 8 heteroatoms. The minimum Gasteiger partial charge on any atom is -0.462 e. The topological polar surface area (TPSA) is 88.1 Å². The van der Waals surface area contributed by atoms with Gasteiger partial charge in [0.15, 0.2) is 5.78 Å². The summed E-state index contributed by atoms with van der Waals surface area (Å²) in [6.07, 6.45) is 0.730. The summed E-state index contributed by atoms with van der Waals surface area (Å²) in [4.78, 5) is 34.7. The molecule has 1 heterocycles. The lowest BCUT2D eigenvalue weighted by atomic mass is 10.1. The van der Waals surface area contributed by atoms with Gasteiger partial charge >= 0.3 is 11.9 Å². The highest BCUT2D eigenvalue weighted by molar-refractivity contribution is 6.21. The van der Waals surface area contributed by atoms with Crippen LogP contribution in [0.1, 0.15) is 44.0 Å². The predicted octanol–water partition coefficient (Wildman–Crippen LogP) is 2.86. The summed E-state index contributed by atoms with van der Waals surface area (Å²) in [7, 11) is 0. The summed E-state index contributed by atoms with van der Waals surface area (Å²) in [5.74, 6) is -1.50. The van der Waals surface area contributed by atoms with E-state index >= 15 is 0 Å². The average Bonchev–Trinajstić information content (AvgIpc) is 2.47. The van der Waals surface area contributed by atoms with Crippen LogP contribution in [0.15, 0.2) is 12.1 Å². The summed E-state index contributed by atoms with van der Waals surface area (Å²) < 4.78 is 21.3. The molecule has 1 aromatic rings. The van der Waals surface area contributed by atoms with E-state index in [-0.39, 0.29) is 28.6 Å². The molecular weight excluding hydrogens is 352 g/mol. The molecule has 2 atom stereocenters. The van der Waals surface area contributed by atoms with E-state index in [4.69, 9.17) is 30.5 Å². The SMILES string of the molecule is CC(=O)Oc1cc(OC(C)=O)c(C(C)=O)c(OC2OCCCC2Cl)c1. The van der Waals surface area contributed by atoms with Crippen molar-refractivity contribution in [2.45, 2.75) is 45.3 Å². The molecule has 0 radical (unpaired) electrons. The number of esters is 2. The Balaban J connectivity index is 2.46. The lowest BCUT2D eigenvalue weighted by Gasteiger charge is -2.28. The van der Waals surface area contributed by atoms with Crippen LogP contribution >= 0.6 is 11.6 Å². The minimum absolute atomic E-state index is 0.0455. The maximum Gasteiger partial charge on any atom is 0.308 e. The molecule has 0 aromatic heterocycles. The number of carbonyl (C=O) groups is 3. The van der Waals surface area contributed by atoms with E-state index in [1.54, 1.807) is 0 Å². The largest absolute Gasteiger partial charge is 0.462 e. The molecule has 0 bridgehead atoms. The van der Waals surface area contributed by atoms with Gasteiger partial charge in [0.25, 0.3) is 0 Å². The fourth-order valence-corrected chi connectivity index (χ4v) is 2.70. The first-order valence-corrected chi connectivity index (χ1v) is 8.19. The van der Waals surface area contributed by atoms with Gasteiger partial charge in [-0.05, 0) is 19.8 Å². The number of halogens is 1. The third kappa shape index (κ3) is 5.17. The second-order valence-corrected chi connectivity index (χ2v) is 6.11. The number of alkyl halides is 1. The molecule has 7 nitrogen and oxygen atoms in total. The molecular formula is C17H19ClO7. The van der Waals surface area contributed by atoms with Crippen molar-refractivity contribution in [2.75, 3.05) is 6.61 Å². The Morgan fingerprint density at radius 1 is 1.08 bits per heavy atom. The summed E-state index contributed by atoms with van der Waals surface area (Å²) in [6, 6.07) is 2.65.